The molecule has 0 amide bonds. The highest BCUT2D eigenvalue weighted by atomic mass is 15.0. The summed E-state index contributed by atoms with van der Waals surface area (Å²) >= 11 is 0. The Balaban J connectivity index is 0.892. The topological polar surface area (TPSA) is 62.5 Å². The van der Waals surface area contributed by atoms with E-state index in [1.54, 1.807) is 0 Å². The van der Waals surface area contributed by atoms with Gasteiger partial charge in [0, 0.05) is 22.3 Å². The van der Waals surface area contributed by atoms with Gasteiger partial charge in [-0.15, -0.1) is 0 Å². The summed E-state index contributed by atoms with van der Waals surface area (Å²) in [7, 11) is 0. The van der Waals surface area contributed by atoms with Crippen molar-refractivity contribution in [3.8, 4) is 118 Å². The minimum Gasteiger partial charge on any atom is -0.208 e. The predicted octanol–water partition coefficient (Wildman–Crippen LogP) is 17.0. The van der Waals surface area contributed by atoms with Crippen molar-refractivity contribution in [3.63, 3.8) is 0 Å². The normalized spacial score (nSPS) is 11.4. The molecule has 4 nitrogen and oxygen atoms in total. The van der Waals surface area contributed by atoms with Gasteiger partial charge in [-0.1, -0.05) is 231 Å². The van der Waals surface area contributed by atoms with Gasteiger partial charge in [-0.2, -0.15) is 5.26 Å². The number of rotatable bonds is 8. The summed E-state index contributed by atoms with van der Waals surface area (Å²) in [6, 6.07) is 87.4. The Morgan fingerprint density at radius 3 is 1.43 bits per heavy atom. The highest BCUT2D eigenvalue weighted by molar-refractivity contribution is 6.18. The third kappa shape index (κ3) is 6.96. The molecule has 13 rings (SSSR count). The molecule has 0 radical (unpaired) electrons. The van der Waals surface area contributed by atoms with Crippen LogP contribution < -0.4 is 0 Å². The highest BCUT2D eigenvalue weighted by Crippen LogP contribution is 2.52. The van der Waals surface area contributed by atoms with Crippen LogP contribution in [0, 0.1) is 11.3 Å². The Labute approximate surface area is 406 Å². The molecule has 12 aromatic rings. The lowest BCUT2D eigenvalue weighted by Crippen LogP contribution is -2.01. The van der Waals surface area contributed by atoms with Gasteiger partial charge in [0.1, 0.15) is 0 Å². The minimum atomic E-state index is 0.573. The number of hydrogen-bond acceptors (Lipinski definition) is 4. The maximum atomic E-state index is 10.9. The molecule has 0 bridgehead atoms. The molecule has 0 atom stereocenters. The molecule has 1 aromatic heterocycles. The molecule has 0 fully saturated rings. The summed E-state index contributed by atoms with van der Waals surface area (Å²) in [4.78, 5) is 15.5. The Hall–Kier alpha value is -9.56. The standard InChI is InChI=1S/C66H40N4/c67-41-50-40-49(37-38-52(50)54-23-8-9-24-55(54)57-28-14-29-59-58-27-12-19-44-20-13-30-61(62(44)58)63(57)59)51-21-6-7-22-53(51)56-25-10-11-26-60(56)66-69-64(45-16-2-1-3-17-45)68-65(70-66)46-34-31-43(32-35-46)48-36-33-42-15-4-5-18-47(42)39-48/h1-40H. The molecule has 0 saturated carbocycles. The Morgan fingerprint density at radius 2 is 0.714 bits per heavy atom. The second kappa shape index (κ2) is 16.9. The molecule has 324 valence electrons. The molecule has 0 spiro atoms. The molecular weight excluding hydrogens is 849 g/mol. The van der Waals surface area contributed by atoms with E-state index in [1.165, 1.54) is 43.8 Å². The molecule has 0 saturated heterocycles. The Kier molecular flexibility index (Phi) is 9.85. The number of benzene rings is 11. The van der Waals surface area contributed by atoms with Crippen molar-refractivity contribution in [3.05, 3.63) is 248 Å². The molecule has 4 heteroatoms. The van der Waals surface area contributed by atoms with Gasteiger partial charge in [0.2, 0.25) is 0 Å². The van der Waals surface area contributed by atoms with E-state index in [0.29, 0.717) is 23.0 Å². The first-order valence-corrected chi connectivity index (χ1v) is 23.6. The van der Waals surface area contributed by atoms with Crippen LogP contribution in [0.4, 0.5) is 0 Å². The first-order chi connectivity index (χ1) is 34.7. The average Bonchev–Trinajstić information content (AvgIpc) is 3.78. The highest BCUT2D eigenvalue weighted by Gasteiger charge is 2.26. The number of aromatic nitrogens is 3. The fourth-order valence-electron chi connectivity index (χ4n) is 10.5. The van der Waals surface area contributed by atoms with Gasteiger partial charge < -0.3 is 0 Å². The number of fused-ring (bicyclic) bond motifs is 4. The minimum absolute atomic E-state index is 0.573. The van der Waals surface area contributed by atoms with Crippen LogP contribution in [0.5, 0.6) is 0 Å². The third-order valence-corrected chi connectivity index (χ3v) is 13.8. The SMILES string of the molecule is N#Cc1cc(-c2ccccc2-c2ccccc2-c2nc(-c3ccccc3)nc(-c3ccc(-c4ccc5ccccc5c4)cc3)n2)ccc1-c1ccccc1-c1cccc2c1-c1cccc3cccc-2c13. The van der Waals surface area contributed by atoms with Gasteiger partial charge in [0.15, 0.2) is 17.5 Å². The van der Waals surface area contributed by atoms with Crippen molar-refractivity contribution in [2.75, 3.05) is 0 Å². The monoisotopic (exact) mass is 888 g/mol. The van der Waals surface area contributed by atoms with E-state index < -0.39 is 0 Å². The summed E-state index contributed by atoms with van der Waals surface area (Å²) in [6.07, 6.45) is 0. The number of hydrogen-bond donors (Lipinski definition) is 0. The molecule has 0 N–H and O–H groups in total. The van der Waals surface area contributed by atoms with Crippen molar-refractivity contribution in [2.24, 2.45) is 0 Å². The molecule has 0 aliphatic heterocycles. The molecule has 70 heavy (non-hydrogen) atoms. The van der Waals surface area contributed by atoms with Crippen molar-refractivity contribution in [2.45, 2.75) is 0 Å². The van der Waals surface area contributed by atoms with E-state index in [2.05, 4.69) is 206 Å². The smallest absolute Gasteiger partial charge is 0.164 e. The summed E-state index contributed by atoms with van der Waals surface area (Å²) in [5, 5.41) is 15.9. The third-order valence-electron chi connectivity index (χ3n) is 13.8. The van der Waals surface area contributed by atoms with E-state index >= 15 is 0 Å². The maximum Gasteiger partial charge on any atom is 0.164 e. The molecule has 1 heterocycles. The lowest BCUT2D eigenvalue weighted by Gasteiger charge is -2.17. The van der Waals surface area contributed by atoms with Gasteiger partial charge in [-0.3, -0.25) is 0 Å². The largest absolute Gasteiger partial charge is 0.208 e. The van der Waals surface area contributed by atoms with Crippen LogP contribution in [0.15, 0.2) is 243 Å². The zero-order chi connectivity index (χ0) is 46.5. The van der Waals surface area contributed by atoms with Crippen LogP contribution in [-0.4, -0.2) is 15.0 Å². The van der Waals surface area contributed by atoms with Crippen LogP contribution in [0.25, 0.3) is 134 Å². The van der Waals surface area contributed by atoms with Crippen LogP contribution in [0.1, 0.15) is 5.56 Å². The van der Waals surface area contributed by atoms with Crippen molar-refractivity contribution >= 4 is 21.5 Å². The first-order valence-electron chi connectivity index (χ1n) is 23.6. The molecule has 1 aliphatic carbocycles. The lowest BCUT2D eigenvalue weighted by molar-refractivity contribution is 1.07. The van der Waals surface area contributed by atoms with E-state index in [9.17, 15) is 5.26 Å². The van der Waals surface area contributed by atoms with E-state index in [1.807, 2.05) is 42.5 Å². The van der Waals surface area contributed by atoms with Crippen molar-refractivity contribution < 1.29 is 0 Å². The van der Waals surface area contributed by atoms with E-state index in [0.717, 1.165) is 72.3 Å². The first kappa shape index (κ1) is 40.7. The fourth-order valence-corrected chi connectivity index (χ4v) is 10.5. The fraction of sp³-hybridized carbons (Fsp3) is 0. The maximum absolute atomic E-state index is 10.9. The number of nitriles is 1. The van der Waals surface area contributed by atoms with E-state index in [-0.39, 0.29) is 0 Å². The second-order valence-corrected chi connectivity index (χ2v) is 17.8. The van der Waals surface area contributed by atoms with Crippen molar-refractivity contribution in [1.82, 2.24) is 15.0 Å². The van der Waals surface area contributed by atoms with Gasteiger partial charge in [-0.05, 0) is 106 Å². The Bertz CT molecular complexity index is 4070. The van der Waals surface area contributed by atoms with Gasteiger partial charge in [0.25, 0.3) is 0 Å². The van der Waals surface area contributed by atoms with Gasteiger partial charge >= 0.3 is 0 Å². The van der Waals surface area contributed by atoms with Crippen LogP contribution in [-0.2, 0) is 0 Å². The summed E-state index contributed by atoms with van der Waals surface area (Å²) in [5.41, 5.74) is 18.6. The van der Waals surface area contributed by atoms with Crippen LogP contribution >= 0.6 is 0 Å². The number of nitrogens with zero attached hydrogens (tertiary/aromatic N) is 4. The molecule has 0 unspecified atom stereocenters. The summed E-state index contributed by atoms with van der Waals surface area (Å²) in [6.45, 7) is 0. The summed E-state index contributed by atoms with van der Waals surface area (Å²) in [5.74, 6) is 1.76. The lowest BCUT2D eigenvalue weighted by atomic mass is 9.86. The molecule has 11 aromatic carbocycles. The molecular formula is C66H40N4. The van der Waals surface area contributed by atoms with E-state index in [4.69, 9.17) is 15.0 Å². The van der Waals surface area contributed by atoms with Gasteiger partial charge in [-0.25, -0.2) is 15.0 Å². The Morgan fingerprint density at radius 1 is 0.257 bits per heavy atom. The zero-order valence-electron chi connectivity index (χ0n) is 37.9. The van der Waals surface area contributed by atoms with Gasteiger partial charge in [0.05, 0.1) is 11.6 Å². The quantitative estimate of drug-likeness (QED) is 0.152. The van der Waals surface area contributed by atoms with Crippen molar-refractivity contribution in [1.29, 1.82) is 5.26 Å². The average molecular weight is 889 g/mol. The zero-order valence-corrected chi connectivity index (χ0v) is 37.9. The van der Waals surface area contributed by atoms with Crippen LogP contribution in [0.3, 0.4) is 0 Å². The second-order valence-electron chi connectivity index (χ2n) is 17.8. The summed E-state index contributed by atoms with van der Waals surface area (Å²) < 4.78 is 0. The molecule has 1 aliphatic rings. The predicted molar refractivity (Wildman–Crippen MR) is 287 cm³/mol. The van der Waals surface area contributed by atoms with Crippen LogP contribution in [0.2, 0.25) is 0 Å².